The van der Waals surface area contributed by atoms with Gasteiger partial charge in [0.1, 0.15) is 29.1 Å². The predicted octanol–water partition coefficient (Wildman–Crippen LogP) is 1.99. The van der Waals surface area contributed by atoms with Crippen molar-refractivity contribution < 1.29 is 18.3 Å². The van der Waals surface area contributed by atoms with Crippen LogP contribution in [0.3, 0.4) is 0 Å². The van der Waals surface area contributed by atoms with Crippen LogP contribution in [0.25, 0.3) is 0 Å². The summed E-state index contributed by atoms with van der Waals surface area (Å²) in [7, 11) is 0. The molecule has 0 radical (unpaired) electrons. The molecule has 7 nitrogen and oxygen atoms in total. The Balaban J connectivity index is 1.92. The molecule has 1 atom stereocenters. The minimum atomic E-state index is -0.855. The van der Waals surface area contributed by atoms with Crippen molar-refractivity contribution in [3.63, 3.8) is 0 Å². The van der Waals surface area contributed by atoms with Crippen LogP contribution in [0.4, 0.5) is 8.78 Å². The lowest BCUT2D eigenvalue weighted by Crippen LogP contribution is -2.38. The van der Waals surface area contributed by atoms with Crippen LogP contribution in [0, 0.1) is 11.6 Å². The highest BCUT2D eigenvalue weighted by Gasteiger charge is 2.33. The average molecular weight is 366 g/mol. The molecule has 9 heteroatoms. The van der Waals surface area contributed by atoms with Crippen molar-refractivity contribution in [2.45, 2.75) is 58.2 Å². The second-order valence-electron chi connectivity index (χ2n) is 7.25. The molecule has 0 saturated heterocycles. The second-order valence-corrected chi connectivity index (χ2v) is 7.25. The minimum Gasteiger partial charge on any atom is -0.458 e. The number of fused-ring (bicyclic) bond motifs is 1. The number of carbonyl (C=O) groups is 1. The van der Waals surface area contributed by atoms with Crippen molar-refractivity contribution in [1.82, 2.24) is 19.3 Å². The molecule has 26 heavy (non-hydrogen) atoms. The number of aromatic nitrogens is 4. The lowest BCUT2D eigenvalue weighted by atomic mass is 10.0. The van der Waals surface area contributed by atoms with Gasteiger partial charge in [0.05, 0.1) is 18.4 Å². The number of esters is 1. The van der Waals surface area contributed by atoms with E-state index in [1.165, 1.54) is 4.57 Å². The van der Waals surface area contributed by atoms with Crippen LogP contribution in [-0.2, 0) is 22.5 Å². The van der Waals surface area contributed by atoms with Gasteiger partial charge in [-0.05, 0) is 33.6 Å². The van der Waals surface area contributed by atoms with E-state index in [1.54, 1.807) is 20.8 Å². The van der Waals surface area contributed by atoms with Gasteiger partial charge in [-0.25, -0.2) is 23.1 Å². The number of pyridine rings is 1. The molecule has 3 heterocycles. The van der Waals surface area contributed by atoms with Crippen LogP contribution >= 0.6 is 0 Å². The molecule has 0 bridgehead atoms. The van der Waals surface area contributed by atoms with Crippen molar-refractivity contribution in [3.05, 3.63) is 45.9 Å². The standard InChI is InChI=1S/C17H20F2N4O3/c1-17(2,3)26-15(24)13-5-4-6-14-21-22(16(25)23(13)14)9-12-11(19)7-10(18)8-20-12/h7-8,13H,4-6,9H2,1-3H3/t13-/m0/s1. The SMILES string of the molecule is CC(C)(C)OC(=O)[C@@H]1CCCc2nn(Cc3ncc(F)cc3F)c(=O)n21. The van der Waals surface area contributed by atoms with Crippen LogP contribution in [0.1, 0.15) is 51.2 Å². The fourth-order valence-corrected chi connectivity index (χ4v) is 2.93. The first-order chi connectivity index (χ1) is 12.2. The van der Waals surface area contributed by atoms with E-state index in [-0.39, 0.29) is 12.2 Å². The highest BCUT2D eigenvalue weighted by Crippen LogP contribution is 2.25. The zero-order valence-corrected chi connectivity index (χ0v) is 14.8. The van der Waals surface area contributed by atoms with E-state index >= 15 is 0 Å². The molecule has 140 valence electrons. The molecular weight excluding hydrogens is 346 g/mol. The first kappa shape index (κ1) is 18.2. The fourth-order valence-electron chi connectivity index (χ4n) is 2.93. The van der Waals surface area contributed by atoms with Gasteiger partial charge in [0.2, 0.25) is 0 Å². The normalized spacial score (nSPS) is 17.0. The second kappa shape index (κ2) is 6.62. The van der Waals surface area contributed by atoms with E-state index in [4.69, 9.17) is 4.74 Å². The van der Waals surface area contributed by atoms with Crippen molar-refractivity contribution >= 4 is 5.97 Å². The summed E-state index contributed by atoms with van der Waals surface area (Å²) in [6.45, 7) is 5.02. The van der Waals surface area contributed by atoms with E-state index in [0.29, 0.717) is 31.2 Å². The zero-order valence-electron chi connectivity index (χ0n) is 14.8. The Labute approximate surface area is 148 Å². The molecule has 2 aromatic rings. The quantitative estimate of drug-likeness (QED) is 0.776. The summed E-state index contributed by atoms with van der Waals surface area (Å²) in [6.07, 6.45) is 2.56. The smallest absolute Gasteiger partial charge is 0.347 e. The van der Waals surface area contributed by atoms with Gasteiger partial charge in [-0.2, -0.15) is 5.10 Å². The maximum atomic E-state index is 13.8. The summed E-state index contributed by atoms with van der Waals surface area (Å²) < 4.78 is 34.5. The number of nitrogens with zero attached hydrogens (tertiary/aromatic N) is 4. The maximum absolute atomic E-state index is 13.8. The lowest BCUT2D eigenvalue weighted by molar-refractivity contribution is -0.159. The largest absolute Gasteiger partial charge is 0.458 e. The Morgan fingerprint density at radius 2 is 2.12 bits per heavy atom. The van der Waals surface area contributed by atoms with Crippen molar-refractivity contribution in [2.24, 2.45) is 0 Å². The van der Waals surface area contributed by atoms with Crippen LogP contribution < -0.4 is 5.69 Å². The van der Waals surface area contributed by atoms with Crippen LogP contribution in [0.15, 0.2) is 17.1 Å². The number of hydrogen-bond donors (Lipinski definition) is 0. The Kier molecular flexibility index (Phi) is 4.64. The first-order valence-corrected chi connectivity index (χ1v) is 8.37. The number of ether oxygens (including phenoxy) is 1. The average Bonchev–Trinajstić information content (AvgIpc) is 2.85. The van der Waals surface area contributed by atoms with E-state index < -0.39 is 34.9 Å². The Morgan fingerprint density at radius 3 is 2.77 bits per heavy atom. The maximum Gasteiger partial charge on any atom is 0.347 e. The van der Waals surface area contributed by atoms with E-state index in [1.807, 2.05) is 0 Å². The van der Waals surface area contributed by atoms with Gasteiger partial charge in [0.15, 0.2) is 0 Å². The van der Waals surface area contributed by atoms with Crippen molar-refractivity contribution in [3.8, 4) is 0 Å². The molecule has 0 unspecified atom stereocenters. The third-order valence-corrected chi connectivity index (χ3v) is 3.99. The predicted molar refractivity (Wildman–Crippen MR) is 87.6 cm³/mol. The lowest BCUT2D eigenvalue weighted by Gasteiger charge is -2.26. The monoisotopic (exact) mass is 366 g/mol. The van der Waals surface area contributed by atoms with Crippen molar-refractivity contribution in [1.29, 1.82) is 0 Å². The van der Waals surface area contributed by atoms with Crippen LogP contribution in [0.5, 0.6) is 0 Å². The molecule has 0 spiro atoms. The van der Waals surface area contributed by atoms with Gasteiger partial charge in [-0.1, -0.05) is 0 Å². The van der Waals surface area contributed by atoms with Gasteiger partial charge in [0, 0.05) is 12.5 Å². The highest BCUT2D eigenvalue weighted by atomic mass is 19.1. The third kappa shape index (κ3) is 3.66. The third-order valence-electron chi connectivity index (χ3n) is 3.99. The molecule has 2 aromatic heterocycles. The highest BCUT2D eigenvalue weighted by molar-refractivity contribution is 5.74. The zero-order chi connectivity index (χ0) is 19.1. The van der Waals surface area contributed by atoms with Crippen molar-refractivity contribution in [2.75, 3.05) is 0 Å². The number of hydrogen-bond acceptors (Lipinski definition) is 5. The molecule has 0 N–H and O–H groups in total. The van der Waals surface area contributed by atoms with E-state index in [2.05, 4.69) is 10.1 Å². The van der Waals surface area contributed by atoms with Crippen LogP contribution in [0.2, 0.25) is 0 Å². The van der Waals surface area contributed by atoms with Gasteiger partial charge in [0.25, 0.3) is 0 Å². The minimum absolute atomic E-state index is 0.0993. The summed E-state index contributed by atoms with van der Waals surface area (Å²) in [5.74, 6) is -1.70. The number of rotatable bonds is 3. The topological polar surface area (TPSA) is 79.0 Å². The van der Waals surface area contributed by atoms with Gasteiger partial charge in [-0.15, -0.1) is 0 Å². The Bertz CT molecular complexity index is 898. The molecular formula is C17H20F2N4O3. The molecule has 0 aromatic carbocycles. The number of carbonyl (C=O) groups excluding carboxylic acids is 1. The van der Waals surface area contributed by atoms with E-state index in [9.17, 15) is 18.4 Å². The molecule has 3 rings (SSSR count). The first-order valence-electron chi connectivity index (χ1n) is 8.37. The summed E-state index contributed by atoms with van der Waals surface area (Å²) in [6, 6.07) is -0.0578. The van der Waals surface area contributed by atoms with Gasteiger partial charge in [-0.3, -0.25) is 9.55 Å². The molecule has 0 saturated carbocycles. The van der Waals surface area contributed by atoms with Crippen LogP contribution in [-0.4, -0.2) is 30.9 Å². The summed E-state index contributed by atoms with van der Waals surface area (Å²) in [5.41, 5.74) is -1.31. The molecule has 1 aliphatic rings. The Morgan fingerprint density at radius 1 is 1.38 bits per heavy atom. The number of halogens is 2. The summed E-state index contributed by atoms with van der Waals surface area (Å²) in [5, 5.41) is 4.20. The molecule has 1 aliphatic heterocycles. The molecule has 0 fully saturated rings. The summed E-state index contributed by atoms with van der Waals surface area (Å²) >= 11 is 0. The molecule has 0 aliphatic carbocycles. The Hall–Kier alpha value is -2.58. The van der Waals surface area contributed by atoms with Gasteiger partial charge >= 0.3 is 11.7 Å². The number of aryl methyl sites for hydroxylation is 1. The van der Waals surface area contributed by atoms with Gasteiger partial charge < -0.3 is 4.74 Å². The summed E-state index contributed by atoms with van der Waals surface area (Å²) in [4.78, 5) is 28.8. The molecule has 0 amide bonds. The fraction of sp³-hybridized carbons (Fsp3) is 0.529. The van der Waals surface area contributed by atoms with E-state index in [0.717, 1.165) is 10.9 Å².